The summed E-state index contributed by atoms with van der Waals surface area (Å²) < 4.78 is 74.1. The molecule has 3 aliphatic rings. The number of sulfonamides is 1. The summed E-state index contributed by atoms with van der Waals surface area (Å²) in [4.78, 5) is 4.39. The fourth-order valence-electron chi connectivity index (χ4n) is 5.37. The molecule has 0 amide bonds. The van der Waals surface area contributed by atoms with Crippen molar-refractivity contribution < 1.29 is 31.4 Å². The number of thiophene rings is 1. The number of ether oxygens (including phenoxy) is 1. The first kappa shape index (κ1) is 25.9. The van der Waals surface area contributed by atoms with Crippen LogP contribution in [0.25, 0.3) is 0 Å². The molecule has 3 saturated heterocycles. The first-order valence-electron chi connectivity index (χ1n) is 12.0. The van der Waals surface area contributed by atoms with E-state index < -0.39 is 21.8 Å². The molecular formula is C24H30F3N3O4S2. The van der Waals surface area contributed by atoms with Crippen molar-refractivity contribution in [2.75, 3.05) is 44.2 Å². The number of likely N-dealkylation sites (tertiary alicyclic amines) is 1. The van der Waals surface area contributed by atoms with Gasteiger partial charge in [-0.25, -0.2) is 8.42 Å². The van der Waals surface area contributed by atoms with Gasteiger partial charge in [-0.05, 0) is 48.9 Å². The van der Waals surface area contributed by atoms with E-state index in [0.717, 1.165) is 32.9 Å². The molecule has 2 bridgehead atoms. The van der Waals surface area contributed by atoms with Crippen LogP contribution in [0.2, 0.25) is 0 Å². The summed E-state index contributed by atoms with van der Waals surface area (Å²) in [6.45, 7) is 3.88. The van der Waals surface area contributed by atoms with E-state index in [4.69, 9.17) is 4.74 Å². The van der Waals surface area contributed by atoms with Crippen LogP contribution >= 0.6 is 11.3 Å². The lowest BCUT2D eigenvalue weighted by Gasteiger charge is -2.45. The second-order valence-electron chi connectivity index (χ2n) is 9.94. The average molecular weight is 546 g/mol. The van der Waals surface area contributed by atoms with Gasteiger partial charge in [0, 0.05) is 45.0 Å². The Morgan fingerprint density at radius 3 is 2.31 bits per heavy atom. The third-order valence-corrected chi connectivity index (χ3v) is 10.7. The van der Waals surface area contributed by atoms with Crippen LogP contribution < -0.4 is 4.90 Å². The Morgan fingerprint density at radius 1 is 1.06 bits per heavy atom. The van der Waals surface area contributed by atoms with Gasteiger partial charge in [0.15, 0.2) is 5.60 Å². The SMILES string of the molecule is C[C@](O)(c1ccc(N2CCN(S(=O)(=O)c3cccs3)C[C@H]2CN2CC3CCC(C2)O3)cc1)C(F)(F)F. The molecule has 36 heavy (non-hydrogen) atoms. The minimum absolute atomic E-state index is 0.190. The van der Waals surface area contributed by atoms with Crippen molar-refractivity contribution in [2.24, 2.45) is 0 Å². The highest BCUT2D eigenvalue weighted by Crippen LogP contribution is 2.39. The highest BCUT2D eigenvalue weighted by molar-refractivity contribution is 7.91. The number of fused-ring (bicyclic) bond motifs is 2. The van der Waals surface area contributed by atoms with Crippen molar-refractivity contribution in [3.63, 3.8) is 0 Å². The molecule has 0 saturated carbocycles. The first-order valence-corrected chi connectivity index (χ1v) is 14.3. The van der Waals surface area contributed by atoms with Gasteiger partial charge in [0.05, 0.1) is 18.2 Å². The minimum atomic E-state index is -4.80. The molecule has 4 heterocycles. The molecule has 0 spiro atoms. The molecule has 1 aromatic heterocycles. The molecule has 198 valence electrons. The smallest absolute Gasteiger partial charge is 0.376 e. The lowest BCUT2D eigenvalue weighted by atomic mass is 9.95. The quantitative estimate of drug-likeness (QED) is 0.601. The molecule has 2 unspecified atom stereocenters. The van der Waals surface area contributed by atoms with E-state index in [-0.39, 0.29) is 36.9 Å². The molecule has 0 aliphatic carbocycles. The van der Waals surface area contributed by atoms with E-state index in [2.05, 4.69) is 9.80 Å². The van der Waals surface area contributed by atoms with Crippen LogP contribution in [0.5, 0.6) is 0 Å². The van der Waals surface area contributed by atoms with Gasteiger partial charge in [-0.1, -0.05) is 18.2 Å². The van der Waals surface area contributed by atoms with E-state index in [1.807, 2.05) is 0 Å². The van der Waals surface area contributed by atoms with Crippen LogP contribution in [0, 0.1) is 0 Å². The third kappa shape index (κ3) is 4.91. The summed E-state index contributed by atoms with van der Waals surface area (Å²) in [6, 6.07) is 8.87. The van der Waals surface area contributed by atoms with Crippen molar-refractivity contribution in [3.8, 4) is 0 Å². The number of morpholine rings is 1. The van der Waals surface area contributed by atoms with Crippen LogP contribution in [0.3, 0.4) is 0 Å². The Hall–Kier alpha value is -1.70. The van der Waals surface area contributed by atoms with Crippen LogP contribution in [0.1, 0.15) is 25.3 Å². The van der Waals surface area contributed by atoms with E-state index in [0.29, 0.717) is 23.0 Å². The fourth-order valence-corrected chi connectivity index (χ4v) is 7.98. The first-order chi connectivity index (χ1) is 16.9. The number of aliphatic hydroxyl groups is 1. The lowest BCUT2D eigenvalue weighted by Crippen LogP contribution is -2.59. The largest absolute Gasteiger partial charge is 0.421 e. The maximum Gasteiger partial charge on any atom is 0.421 e. The van der Waals surface area contributed by atoms with Crippen molar-refractivity contribution in [1.82, 2.24) is 9.21 Å². The number of hydrogen-bond donors (Lipinski definition) is 1. The van der Waals surface area contributed by atoms with Crippen molar-refractivity contribution in [2.45, 2.75) is 54.0 Å². The van der Waals surface area contributed by atoms with Crippen molar-refractivity contribution in [3.05, 3.63) is 47.3 Å². The molecule has 7 nitrogen and oxygen atoms in total. The predicted octanol–water partition coefficient (Wildman–Crippen LogP) is 3.26. The molecule has 1 N–H and O–H groups in total. The average Bonchev–Trinajstić information content (AvgIpc) is 3.49. The van der Waals surface area contributed by atoms with Gasteiger partial charge >= 0.3 is 6.18 Å². The van der Waals surface area contributed by atoms with Crippen molar-refractivity contribution in [1.29, 1.82) is 0 Å². The number of rotatable bonds is 6. The monoisotopic (exact) mass is 545 g/mol. The van der Waals surface area contributed by atoms with Gasteiger partial charge < -0.3 is 14.7 Å². The molecule has 1 aromatic carbocycles. The van der Waals surface area contributed by atoms with Crippen LogP contribution in [-0.2, 0) is 20.4 Å². The number of halogens is 3. The molecule has 5 rings (SSSR count). The summed E-state index contributed by atoms with van der Waals surface area (Å²) in [5.74, 6) is 0. The summed E-state index contributed by atoms with van der Waals surface area (Å²) in [5.41, 5.74) is -2.49. The lowest BCUT2D eigenvalue weighted by molar-refractivity contribution is -0.258. The van der Waals surface area contributed by atoms with Crippen molar-refractivity contribution >= 4 is 27.0 Å². The number of piperazine rings is 1. The fraction of sp³-hybridized carbons (Fsp3) is 0.583. The standard InChI is InChI=1S/C24H30F3N3O4S2/c1-23(31,24(25,26)27)17-4-6-18(7-5-17)30-11-10-29(36(32,33)22-3-2-12-35-22)14-19(30)13-28-15-20-8-9-21(16-28)34-20/h2-7,12,19-21,31H,8-11,13-16H2,1H3/t19-,20?,21?,23+/m1/s1. The van der Waals surface area contributed by atoms with Gasteiger partial charge in [-0.15, -0.1) is 11.3 Å². The number of hydrogen-bond acceptors (Lipinski definition) is 7. The summed E-state index contributed by atoms with van der Waals surface area (Å²) in [5, 5.41) is 11.8. The highest BCUT2D eigenvalue weighted by atomic mass is 32.2. The van der Waals surface area contributed by atoms with Crippen LogP contribution in [-0.4, -0.2) is 86.4 Å². The van der Waals surface area contributed by atoms with E-state index in [9.17, 15) is 26.7 Å². The predicted molar refractivity (Wildman–Crippen MR) is 131 cm³/mol. The van der Waals surface area contributed by atoms with Crippen LogP contribution in [0.15, 0.2) is 46.0 Å². The summed E-state index contributed by atoms with van der Waals surface area (Å²) in [7, 11) is -3.63. The molecule has 12 heteroatoms. The highest BCUT2D eigenvalue weighted by Gasteiger charge is 2.51. The topological polar surface area (TPSA) is 73.3 Å². The van der Waals surface area contributed by atoms with Crippen LogP contribution in [0.4, 0.5) is 18.9 Å². The normalized spacial score (nSPS) is 27.8. The molecule has 3 fully saturated rings. The Kier molecular flexibility index (Phi) is 6.88. The number of alkyl halides is 3. The zero-order valence-corrected chi connectivity index (χ0v) is 21.5. The molecule has 2 aromatic rings. The minimum Gasteiger partial charge on any atom is -0.376 e. The van der Waals surface area contributed by atoms with Gasteiger partial charge in [-0.3, -0.25) is 4.90 Å². The zero-order chi connectivity index (χ0) is 25.7. The number of anilines is 1. The molecule has 3 aliphatic heterocycles. The second-order valence-corrected chi connectivity index (χ2v) is 13.0. The zero-order valence-electron chi connectivity index (χ0n) is 19.9. The van der Waals surface area contributed by atoms with Gasteiger partial charge in [0.25, 0.3) is 10.0 Å². The summed E-state index contributed by atoms with van der Waals surface area (Å²) in [6.07, 6.45) is -2.37. The maximum absolute atomic E-state index is 13.3. The number of nitrogens with zero attached hydrogens (tertiary/aromatic N) is 3. The summed E-state index contributed by atoms with van der Waals surface area (Å²) >= 11 is 1.19. The Morgan fingerprint density at radius 2 is 1.72 bits per heavy atom. The Labute approximate surface area is 213 Å². The van der Waals surface area contributed by atoms with E-state index >= 15 is 0 Å². The molecule has 4 atom stereocenters. The second kappa shape index (κ2) is 9.55. The Bertz CT molecular complexity index is 1140. The van der Waals surface area contributed by atoms with Gasteiger partial charge in [0.1, 0.15) is 4.21 Å². The molecule has 0 radical (unpaired) electrons. The third-order valence-electron chi connectivity index (χ3n) is 7.44. The maximum atomic E-state index is 13.3. The van der Waals surface area contributed by atoms with E-state index in [1.54, 1.807) is 29.6 Å². The van der Waals surface area contributed by atoms with Gasteiger partial charge in [0.2, 0.25) is 0 Å². The molecular weight excluding hydrogens is 515 g/mol. The van der Waals surface area contributed by atoms with E-state index in [1.165, 1.54) is 27.8 Å². The van der Waals surface area contributed by atoms with Gasteiger partial charge in [-0.2, -0.15) is 17.5 Å². The Balaban J connectivity index is 1.39. The number of benzene rings is 1.